The highest BCUT2D eigenvalue weighted by Gasteiger charge is 2.62. The number of hydrogen-bond donors (Lipinski definition) is 3. The lowest BCUT2D eigenvalue weighted by atomic mass is 10.1. The van der Waals surface area contributed by atoms with Gasteiger partial charge >= 0.3 is 0 Å². The summed E-state index contributed by atoms with van der Waals surface area (Å²) in [4.78, 5) is 58.7. The lowest BCUT2D eigenvalue weighted by molar-refractivity contribution is -0.139. The summed E-state index contributed by atoms with van der Waals surface area (Å²) in [5.74, 6) is -2.05. The maximum atomic E-state index is 14.0. The fraction of sp³-hybridized carbons (Fsp3) is 0.343. The molecule has 0 spiro atoms. The van der Waals surface area contributed by atoms with Gasteiger partial charge in [0.25, 0.3) is 5.91 Å². The molecule has 3 aliphatic rings. The number of rotatable bonds is 13. The third-order valence-corrected chi connectivity index (χ3v) is 10.9. The Balaban J connectivity index is 1.28. The van der Waals surface area contributed by atoms with Gasteiger partial charge in [0.05, 0.1) is 36.7 Å². The first-order valence-electron chi connectivity index (χ1n) is 15.9. The third kappa shape index (κ3) is 7.00. The molecule has 256 valence electrons. The highest BCUT2D eigenvalue weighted by atomic mass is 32.2. The third-order valence-electron chi connectivity index (χ3n) is 9.08. The second-order valence-electron chi connectivity index (χ2n) is 12.4. The summed E-state index contributed by atoms with van der Waals surface area (Å²) in [5, 5.41) is 5.24. The van der Waals surface area contributed by atoms with E-state index in [0.717, 1.165) is 11.6 Å². The topological polar surface area (TPSA) is 173 Å². The molecule has 4 amide bonds. The van der Waals surface area contributed by atoms with Gasteiger partial charge in [0, 0.05) is 35.4 Å². The average Bonchev–Trinajstić information content (AvgIpc) is 4.03. The van der Waals surface area contributed by atoms with Gasteiger partial charge in [0.1, 0.15) is 29.2 Å². The lowest BCUT2D eigenvalue weighted by Gasteiger charge is -2.26. The van der Waals surface area contributed by atoms with Gasteiger partial charge in [-0.3, -0.25) is 23.9 Å². The summed E-state index contributed by atoms with van der Waals surface area (Å²) >= 11 is 0. The smallest absolute Gasteiger partial charge is 0.259 e. The van der Waals surface area contributed by atoms with Crippen LogP contribution in [-0.2, 0) is 29.2 Å². The number of benzene rings is 2. The lowest BCUT2D eigenvalue weighted by Crippen LogP contribution is -2.57. The van der Waals surface area contributed by atoms with Gasteiger partial charge in [-0.1, -0.05) is 43.0 Å². The van der Waals surface area contributed by atoms with Crippen LogP contribution in [0.25, 0.3) is 22.2 Å². The van der Waals surface area contributed by atoms with Gasteiger partial charge in [-0.2, -0.15) is 0 Å². The monoisotopic (exact) mass is 687 g/mol. The van der Waals surface area contributed by atoms with E-state index in [-0.39, 0.29) is 19.4 Å². The van der Waals surface area contributed by atoms with E-state index in [1.165, 1.54) is 11.0 Å². The molecular formula is C35H37N5O8S. The standard InChI is InChI=1S/C35H37N5O8S/c1-4-22-18-35(22,34(44)39-49(45,46)25-12-13-25)38-33(43)29-16-24(20-40(29)32(42)19-36-31(41)5-2)48-30-17-27(21-9-7-6-8-10-21)37-28-15-23(47-3)11-14-26(28)30/h4-11,14-15,17,22,24-25,29H,1-2,12-13,16,18-20H2,3H3,(H,36,41)(H,38,43)(H,39,44). The molecule has 4 unspecified atom stereocenters. The molecule has 6 rings (SSSR count). The summed E-state index contributed by atoms with van der Waals surface area (Å²) in [6, 6.07) is 15.6. The first-order valence-corrected chi connectivity index (χ1v) is 17.4. The van der Waals surface area contributed by atoms with E-state index in [2.05, 4.69) is 28.5 Å². The second-order valence-corrected chi connectivity index (χ2v) is 14.4. The zero-order valence-corrected chi connectivity index (χ0v) is 27.7. The molecule has 1 aliphatic heterocycles. The molecule has 2 saturated carbocycles. The SMILES string of the molecule is C=CC(=O)NCC(=O)N1CC(Oc2cc(-c3ccccc3)nc3cc(OC)ccc23)CC1C(=O)NC1(C(=O)NS(=O)(=O)C2CC2)CC1C=C. The number of methoxy groups -OCH3 is 1. The average molecular weight is 688 g/mol. The van der Waals surface area contributed by atoms with Crippen LogP contribution in [0.1, 0.15) is 25.7 Å². The van der Waals surface area contributed by atoms with E-state index in [0.29, 0.717) is 40.9 Å². The summed E-state index contributed by atoms with van der Waals surface area (Å²) in [7, 11) is -2.32. The summed E-state index contributed by atoms with van der Waals surface area (Å²) in [5.41, 5.74) is 0.573. The molecule has 3 fully saturated rings. The van der Waals surface area contributed by atoms with Crippen LogP contribution in [0.5, 0.6) is 11.5 Å². The molecule has 13 nitrogen and oxygen atoms in total. The van der Waals surface area contributed by atoms with Crippen LogP contribution in [0.15, 0.2) is 79.9 Å². The van der Waals surface area contributed by atoms with Gasteiger partial charge in [-0.15, -0.1) is 6.58 Å². The molecule has 49 heavy (non-hydrogen) atoms. The van der Waals surface area contributed by atoms with E-state index >= 15 is 0 Å². The number of nitrogens with one attached hydrogen (secondary N) is 3. The molecule has 0 radical (unpaired) electrons. The van der Waals surface area contributed by atoms with Crippen LogP contribution >= 0.6 is 0 Å². The van der Waals surface area contributed by atoms with Crippen LogP contribution in [0.3, 0.4) is 0 Å². The number of aromatic nitrogens is 1. The Morgan fingerprint density at radius 2 is 1.84 bits per heavy atom. The van der Waals surface area contributed by atoms with Crippen molar-refractivity contribution in [2.75, 3.05) is 20.2 Å². The van der Waals surface area contributed by atoms with Crippen LogP contribution in [0.4, 0.5) is 0 Å². The fourth-order valence-electron chi connectivity index (χ4n) is 6.10. The van der Waals surface area contributed by atoms with E-state index in [1.807, 2.05) is 36.4 Å². The minimum absolute atomic E-state index is 0.0122. The first-order chi connectivity index (χ1) is 23.5. The molecule has 1 aromatic heterocycles. The molecule has 2 heterocycles. The highest BCUT2D eigenvalue weighted by molar-refractivity contribution is 7.91. The van der Waals surface area contributed by atoms with Crippen LogP contribution in [0.2, 0.25) is 0 Å². The van der Waals surface area contributed by atoms with Gasteiger partial charge in [0.15, 0.2) is 0 Å². The fourth-order valence-corrected chi connectivity index (χ4v) is 7.46. The first kappa shape index (κ1) is 33.7. The second kappa shape index (κ2) is 13.3. The Morgan fingerprint density at radius 1 is 1.08 bits per heavy atom. The number of fused-ring (bicyclic) bond motifs is 1. The van der Waals surface area contributed by atoms with Crippen molar-refractivity contribution in [2.24, 2.45) is 5.92 Å². The minimum Gasteiger partial charge on any atom is -0.497 e. The van der Waals surface area contributed by atoms with Crippen molar-refractivity contribution < 1.29 is 37.1 Å². The molecule has 3 aromatic rings. The zero-order chi connectivity index (χ0) is 34.9. The van der Waals surface area contributed by atoms with Crippen molar-refractivity contribution in [3.8, 4) is 22.8 Å². The van der Waals surface area contributed by atoms with Crippen molar-refractivity contribution in [1.82, 2.24) is 25.2 Å². The van der Waals surface area contributed by atoms with E-state index in [4.69, 9.17) is 14.5 Å². The molecule has 1 saturated heterocycles. The Labute approximate surface area is 283 Å². The van der Waals surface area contributed by atoms with Crippen molar-refractivity contribution in [2.45, 2.75) is 48.6 Å². The summed E-state index contributed by atoms with van der Waals surface area (Å²) < 4.78 is 39.2. The molecule has 2 aromatic carbocycles. The number of ether oxygens (including phenoxy) is 2. The molecular weight excluding hydrogens is 650 g/mol. The summed E-state index contributed by atoms with van der Waals surface area (Å²) in [6.45, 7) is 6.72. The van der Waals surface area contributed by atoms with Crippen molar-refractivity contribution in [1.29, 1.82) is 0 Å². The number of nitrogens with zero attached hydrogens (tertiary/aromatic N) is 2. The van der Waals surface area contributed by atoms with Crippen LogP contribution in [-0.4, -0.2) is 85.1 Å². The Morgan fingerprint density at radius 3 is 2.49 bits per heavy atom. The Bertz CT molecular complexity index is 1950. The number of hydrogen-bond acceptors (Lipinski definition) is 9. The number of sulfonamides is 1. The zero-order valence-electron chi connectivity index (χ0n) is 26.9. The minimum atomic E-state index is -3.88. The molecule has 3 N–H and O–H groups in total. The number of amides is 4. The molecule has 4 atom stereocenters. The van der Waals surface area contributed by atoms with Crippen molar-refractivity contribution in [3.05, 3.63) is 79.9 Å². The molecule has 14 heteroatoms. The van der Waals surface area contributed by atoms with Crippen molar-refractivity contribution >= 4 is 44.6 Å². The van der Waals surface area contributed by atoms with Crippen molar-refractivity contribution in [3.63, 3.8) is 0 Å². The number of carbonyl (C=O) groups is 4. The molecule has 0 bridgehead atoms. The normalized spacial score (nSPS) is 22.9. The van der Waals surface area contributed by atoms with Crippen LogP contribution in [0, 0.1) is 5.92 Å². The summed E-state index contributed by atoms with van der Waals surface area (Å²) in [6.07, 6.45) is 2.96. The quantitative estimate of drug-likeness (QED) is 0.180. The number of likely N-dealkylation sites (tertiary alicyclic amines) is 1. The van der Waals surface area contributed by atoms with E-state index < -0.39 is 69.0 Å². The van der Waals surface area contributed by atoms with E-state index in [9.17, 15) is 27.6 Å². The van der Waals surface area contributed by atoms with Gasteiger partial charge in [-0.25, -0.2) is 13.4 Å². The van der Waals surface area contributed by atoms with Gasteiger partial charge in [0.2, 0.25) is 27.7 Å². The van der Waals surface area contributed by atoms with Gasteiger partial charge < -0.3 is 25.0 Å². The number of pyridine rings is 1. The predicted octanol–water partition coefficient (Wildman–Crippen LogP) is 2.23. The molecule has 2 aliphatic carbocycles. The number of carbonyl (C=O) groups excluding carboxylic acids is 4. The van der Waals surface area contributed by atoms with Crippen LogP contribution < -0.4 is 24.8 Å². The highest BCUT2D eigenvalue weighted by Crippen LogP contribution is 2.45. The Hall–Kier alpha value is -5.24. The maximum absolute atomic E-state index is 14.0. The predicted molar refractivity (Wildman–Crippen MR) is 181 cm³/mol. The maximum Gasteiger partial charge on any atom is 0.259 e. The Kier molecular flexibility index (Phi) is 9.16. The van der Waals surface area contributed by atoms with E-state index in [1.54, 1.807) is 25.3 Å². The largest absolute Gasteiger partial charge is 0.497 e. The van der Waals surface area contributed by atoms with Gasteiger partial charge in [-0.05, 0) is 37.5 Å².